The molecule has 100 valence electrons. The zero-order chi connectivity index (χ0) is 13.5. The van der Waals surface area contributed by atoms with Crippen molar-refractivity contribution < 1.29 is 5.11 Å². The van der Waals surface area contributed by atoms with E-state index >= 15 is 0 Å². The molecule has 0 radical (unpaired) electrons. The number of rotatable bonds is 3. The van der Waals surface area contributed by atoms with Crippen LogP contribution in [0, 0.1) is 12.3 Å². The highest BCUT2D eigenvalue weighted by molar-refractivity contribution is 6.30. The fourth-order valence-corrected chi connectivity index (χ4v) is 2.33. The molecule has 4 nitrogen and oxygen atoms in total. The van der Waals surface area contributed by atoms with Gasteiger partial charge in [-0.25, -0.2) is 9.97 Å². The van der Waals surface area contributed by atoms with Crippen LogP contribution in [-0.4, -0.2) is 27.2 Å². The van der Waals surface area contributed by atoms with E-state index in [1.807, 2.05) is 13.8 Å². The van der Waals surface area contributed by atoms with Gasteiger partial charge in [0.15, 0.2) is 0 Å². The van der Waals surface area contributed by atoms with E-state index in [9.17, 15) is 5.11 Å². The second-order valence-electron chi connectivity index (χ2n) is 5.53. The van der Waals surface area contributed by atoms with E-state index in [1.165, 1.54) is 0 Å². The van der Waals surface area contributed by atoms with Gasteiger partial charge in [-0.1, -0.05) is 32.4 Å². The van der Waals surface area contributed by atoms with Crippen molar-refractivity contribution in [2.24, 2.45) is 5.41 Å². The molecule has 0 aromatic carbocycles. The van der Waals surface area contributed by atoms with E-state index in [0.29, 0.717) is 5.15 Å². The number of hydrogen-bond acceptors (Lipinski definition) is 4. The Labute approximate surface area is 113 Å². The van der Waals surface area contributed by atoms with Crippen molar-refractivity contribution in [3.05, 3.63) is 16.5 Å². The maximum Gasteiger partial charge on any atom is 0.137 e. The highest BCUT2D eigenvalue weighted by Crippen LogP contribution is 2.42. The Morgan fingerprint density at radius 2 is 2.11 bits per heavy atom. The Morgan fingerprint density at radius 3 is 2.61 bits per heavy atom. The molecule has 1 fully saturated rings. The molecule has 2 N–H and O–H groups in total. The second-order valence-corrected chi connectivity index (χ2v) is 5.89. The molecule has 1 aromatic rings. The van der Waals surface area contributed by atoms with Gasteiger partial charge in [0.1, 0.15) is 16.8 Å². The first kappa shape index (κ1) is 13.6. The first-order valence-electron chi connectivity index (χ1n) is 6.33. The summed E-state index contributed by atoms with van der Waals surface area (Å²) in [5.41, 5.74) is 0.738. The Kier molecular flexibility index (Phi) is 3.52. The maximum absolute atomic E-state index is 9.75. The Morgan fingerprint density at radius 1 is 1.44 bits per heavy atom. The van der Waals surface area contributed by atoms with Crippen LogP contribution >= 0.6 is 11.6 Å². The van der Waals surface area contributed by atoms with Crippen LogP contribution in [0.2, 0.25) is 5.15 Å². The molecular formula is C13H20ClN3O. The zero-order valence-electron chi connectivity index (χ0n) is 11.3. The highest BCUT2D eigenvalue weighted by Gasteiger charge is 2.47. The van der Waals surface area contributed by atoms with Crippen LogP contribution in [0.1, 0.15) is 38.6 Å². The lowest BCUT2D eigenvalue weighted by Crippen LogP contribution is -2.57. The number of halogens is 1. The minimum atomic E-state index is -0.252. The van der Waals surface area contributed by atoms with Gasteiger partial charge < -0.3 is 10.4 Å². The van der Waals surface area contributed by atoms with E-state index < -0.39 is 0 Å². The summed E-state index contributed by atoms with van der Waals surface area (Å²) >= 11 is 6.10. The molecule has 2 unspecified atom stereocenters. The summed E-state index contributed by atoms with van der Waals surface area (Å²) in [7, 11) is 0. The van der Waals surface area contributed by atoms with Crippen molar-refractivity contribution in [3.8, 4) is 0 Å². The van der Waals surface area contributed by atoms with Crippen molar-refractivity contribution in [1.82, 2.24) is 9.97 Å². The minimum absolute atomic E-state index is 0.129. The van der Waals surface area contributed by atoms with Crippen molar-refractivity contribution in [2.45, 2.75) is 52.7 Å². The van der Waals surface area contributed by atoms with Crippen LogP contribution in [0.5, 0.6) is 0 Å². The monoisotopic (exact) mass is 269 g/mol. The lowest BCUT2D eigenvalue weighted by atomic mass is 9.64. The van der Waals surface area contributed by atoms with Gasteiger partial charge in [0.25, 0.3) is 0 Å². The molecule has 2 rings (SSSR count). The van der Waals surface area contributed by atoms with E-state index in [0.717, 1.165) is 30.0 Å². The Hall–Kier alpha value is -0.870. The molecule has 1 aliphatic carbocycles. The van der Waals surface area contributed by atoms with E-state index in [2.05, 4.69) is 29.1 Å². The second kappa shape index (κ2) is 4.67. The molecule has 0 saturated heterocycles. The smallest absolute Gasteiger partial charge is 0.137 e. The number of aromatic nitrogens is 2. The van der Waals surface area contributed by atoms with Crippen LogP contribution < -0.4 is 5.32 Å². The van der Waals surface area contributed by atoms with Gasteiger partial charge in [-0.05, 0) is 13.3 Å². The maximum atomic E-state index is 9.75. The first-order valence-corrected chi connectivity index (χ1v) is 6.71. The zero-order valence-corrected chi connectivity index (χ0v) is 12.0. The van der Waals surface area contributed by atoms with E-state index in [4.69, 9.17) is 11.6 Å². The molecule has 0 aliphatic heterocycles. The van der Waals surface area contributed by atoms with Gasteiger partial charge in [-0.2, -0.15) is 0 Å². The van der Waals surface area contributed by atoms with Gasteiger partial charge in [-0.3, -0.25) is 0 Å². The number of aliphatic hydroxyl groups excluding tert-OH is 1. The lowest BCUT2D eigenvalue weighted by molar-refractivity contribution is -0.0511. The summed E-state index contributed by atoms with van der Waals surface area (Å²) in [5, 5.41) is 13.6. The molecule has 0 amide bonds. The molecule has 5 heteroatoms. The molecule has 1 saturated carbocycles. The van der Waals surface area contributed by atoms with Gasteiger partial charge in [-0.15, -0.1) is 0 Å². The molecule has 1 aliphatic rings. The fraction of sp³-hybridized carbons (Fsp3) is 0.692. The minimum Gasteiger partial charge on any atom is -0.392 e. The summed E-state index contributed by atoms with van der Waals surface area (Å²) in [4.78, 5) is 8.69. The average Bonchev–Trinajstić information content (AvgIpc) is 2.33. The third-order valence-corrected chi connectivity index (χ3v) is 4.34. The van der Waals surface area contributed by atoms with Gasteiger partial charge in [0, 0.05) is 23.4 Å². The standard InChI is InChI=1S/C13H20ClN3O/c1-5-10-16-11(14)7(2)12(17-10)15-8-6-9(18)13(8,3)4/h8-9,18H,5-6H2,1-4H3,(H,15,16,17). The summed E-state index contributed by atoms with van der Waals surface area (Å²) in [6.07, 6.45) is 1.25. The molecule has 0 bridgehead atoms. The van der Waals surface area contributed by atoms with Crippen molar-refractivity contribution >= 4 is 17.4 Å². The SMILES string of the molecule is CCc1nc(Cl)c(C)c(NC2CC(O)C2(C)C)n1. The highest BCUT2D eigenvalue weighted by atomic mass is 35.5. The van der Waals surface area contributed by atoms with E-state index in [-0.39, 0.29) is 17.6 Å². The van der Waals surface area contributed by atoms with Crippen LogP contribution in [0.4, 0.5) is 5.82 Å². The predicted molar refractivity (Wildman–Crippen MR) is 73.0 cm³/mol. The van der Waals surface area contributed by atoms with E-state index in [1.54, 1.807) is 0 Å². The van der Waals surface area contributed by atoms with Gasteiger partial charge in [0.05, 0.1) is 6.10 Å². The van der Waals surface area contributed by atoms with Crippen LogP contribution in [0.25, 0.3) is 0 Å². The largest absolute Gasteiger partial charge is 0.392 e. The predicted octanol–water partition coefficient (Wildman–Crippen LogP) is 2.57. The lowest BCUT2D eigenvalue weighted by Gasteiger charge is -2.49. The summed E-state index contributed by atoms with van der Waals surface area (Å²) in [6, 6.07) is 0.224. The average molecular weight is 270 g/mol. The summed E-state index contributed by atoms with van der Waals surface area (Å²) in [5.74, 6) is 1.53. The van der Waals surface area contributed by atoms with Crippen LogP contribution in [-0.2, 0) is 6.42 Å². The molecular weight excluding hydrogens is 250 g/mol. The molecule has 1 heterocycles. The topological polar surface area (TPSA) is 58.0 Å². The Bertz CT molecular complexity index is 462. The summed E-state index contributed by atoms with van der Waals surface area (Å²) < 4.78 is 0. The van der Waals surface area contributed by atoms with Crippen molar-refractivity contribution in [2.75, 3.05) is 5.32 Å². The number of nitrogens with one attached hydrogen (secondary N) is 1. The van der Waals surface area contributed by atoms with Crippen LogP contribution in [0.15, 0.2) is 0 Å². The first-order chi connectivity index (χ1) is 8.36. The molecule has 18 heavy (non-hydrogen) atoms. The van der Waals surface area contributed by atoms with Gasteiger partial charge >= 0.3 is 0 Å². The molecule has 1 aromatic heterocycles. The number of hydrogen-bond donors (Lipinski definition) is 2. The fourth-order valence-electron chi connectivity index (χ4n) is 2.14. The quantitative estimate of drug-likeness (QED) is 0.828. The van der Waals surface area contributed by atoms with Crippen molar-refractivity contribution in [3.63, 3.8) is 0 Å². The third kappa shape index (κ3) is 2.19. The Balaban J connectivity index is 2.22. The number of anilines is 1. The van der Waals surface area contributed by atoms with Crippen LogP contribution in [0.3, 0.4) is 0 Å². The molecule has 0 spiro atoms. The number of aliphatic hydroxyl groups is 1. The normalized spacial score (nSPS) is 25.7. The number of nitrogens with zero attached hydrogens (tertiary/aromatic N) is 2. The number of aryl methyl sites for hydroxylation is 1. The summed E-state index contributed by atoms with van der Waals surface area (Å²) in [6.45, 7) is 8.02. The van der Waals surface area contributed by atoms with Crippen molar-refractivity contribution in [1.29, 1.82) is 0 Å². The van der Waals surface area contributed by atoms with Gasteiger partial charge in [0.2, 0.25) is 0 Å². The molecule has 2 atom stereocenters. The third-order valence-electron chi connectivity index (χ3n) is 3.98.